The molecule has 6 heteroatoms. The minimum absolute atomic E-state index is 0.145. The first kappa shape index (κ1) is 17.4. The van der Waals surface area contributed by atoms with Crippen molar-refractivity contribution in [2.75, 3.05) is 32.8 Å². The standard InChI is InChI=1S/C18H26N2O3S/c1-2-23-18(22)14-5-3-9-20(11-14)17(21)12-19-8-4-6-16(19)15-7-10-24-13-15/h7,10,13-14,16H,2-6,8-9,11-12H2,1H3/t14-,16-/m0/s1. The summed E-state index contributed by atoms with van der Waals surface area (Å²) < 4.78 is 5.12. The molecule has 2 fully saturated rings. The zero-order chi connectivity index (χ0) is 16.9. The molecule has 2 atom stereocenters. The number of esters is 1. The molecule has 2 aliphatic heterocycles. The van der Waals surface area contributed by atoms with E-state index in [1.807, 2.05) is 11.8 Å². The predicted molar refractivity (Wildman–Crippen MR) is 93.8 cm³/mol. The highest BCUT2D eigenvalue weighted by Gasteiger charge is 2.32. The highest BCUT2D eigenvalue weighted by molar-refractivity contribution is 7.07. The Labute approximate surface area is 147 Å². The van der Waals surface area contributed by atoms with Gasteiger partial charge in [0.1, 0.15) is 0 Å². The monoisotopic (exact) mass is 350 g/mol. The number of rotatable bonds is 5. The summed E-state index contributed by atoms with van der Waals surface area (Å²) in [6, 6.07) is 2.53. The number of carbonyl (C=O) groups excluding carboxylic acids is 2. The lowest BCUT2D eigenvalue weighted by molar-refractivity contribution is -0.151. The Morgan fingerprint density at radius 2 is 2.12 bits per heavy atom. The van der Waals surface area contributed by atoms with Crippen LogP contribution in [0.15, 0.2) is 16.8 Å². The minimum Gasteiger partial charge on any atom is -0.466 e. The van der Waals surface area contributed by atoms with Gasteiger partial charge >= 0.3 is 5.97 Å². The maximum absolute atomic E-state index is 12.7. The van der Waals surface area contributed by atoms with E-state index >= 15 is 0 Å². The third kappa shape index (κ3) is 3.98. The first-order valence-electron chi connectivity index (χ1n) is 8.89. The molecule has 0 aromatic carbocycles. The number of carbonyl (C=O) groups is 2. The molecule has 5 nitrogen and oxygen atoms in total. The van der Waals surface area contributed by atoms with Crippen molar-refractivity contribution < 1.29 is 14.3 Å². The summed E-state index contributed by atoms with van der Waals surface area (Å²) in [7, 11) is 0. The van der Waals surface area contributed by atoms with Crippen molar-refractivity contribution in [2.24, 2.45) is 5.92 Å². The lowest BCUT2D eigenvalue weighted by Crippen LogP contribution is -2.46. The van der Waals surface area contributed by atoms with Crippen LogP contribution in [0.25, 0.3) is 0 Å². The van der Waals surface area contributed by atoms with Crippen molar-refractivity contribution >= 4 is 23.2 Å². The molecule has 2 aliphatic rings. The van der Waals surface area contributed by atoms with Crippen molar-refractivity contribution in [1.29, 1.82) is 0 Å². The molecule has 0 spiro atoms. The maximum atomic E-state index is 12.7. The van der Waals surface area contributed by atoms with E-state index in [1.165, 1.54) is 5.56 Å². The maximum Gasteiger partial charge on any atom is 0.310 e. The fourth-order valence-electron chi connectivity index (χ4n) is 3.79. The van der Waals surface area contributed by atoms with E-state index in [2.05, 4.69) is 21.7 Å². The fourth-order valence-corrected chi connectivity index (χ4v) is 4.49. The Hall–Kier alpha value is -1.40. The molecule has 24 heavy (non-hydrogen) atoms. The van der Waals surface area contributed by atoms with E-state index in [4.69, 9.17) is 4.74 Å². The third-order valence-electron chi connectivity index (χ3n) is 5.02. The zero-order valence-electron chi connectivity index (χ0n) is 14.3. The van der Waals surface area contributed by atoms with Crippen molar-refractivity contribution in [1.82, 2.24) is 9.80 Å². The van der Waals surface area contributed by atoms with Gasteiger partial charge in [-0.05, 0) is 61.5 Å². The Morgan fingerprint density at radius 1 is 1.29 bits per heavy atom. The molecule has 1 amide bonds. The van der Waals surface area contributed by atoms with Gasteiger partial charge in [0, 0.05) is 19.1 Å². The van der Waals surface area contributed by atoms with Crippen LogP contribution in [0.4, 0.5) is 0 Å². The molecular formula is C18H26N2O3S. The van der Waals surface area contributed by atoms with Gasteiger partial charge in [0.05, 0.1) is 19.1 Å². The van der Waals surface area contributed by atoms with Crippen LogP contribution >= 0.6 is 11.3 Å². The molecule has 3 rings (SSSR count). The number of thiophene rings is 1. The highest BCUT2D eigenvalue weighted by Crippen LogP contribution is 2.33. The van der Waals surface area contributed by atoms with Crippen LogP contribution in [-0.2, 0) is 14.3 Å². The predicted octanol–water partition coefficient (Wildman–Crippen LogP) is 2.69. The molecular weight excluding hydrogens is 324 g/mol. The van der Waals surface area contributed by atoms with Gasteiger partial charge in [-0.3, -0.25) is 14.5 Å². The summed E-state index contributed by atoms with van der Waals surface area (Å²) in [5, 5.41) is 4.29. The minimum atomic E-state index is -0.160. The van der Waals surface area contributed by atoms with E-state index in [0.717, 1.165) is 38.8 Å². The zero-order valence-corrected chi connectivity index (χ0v) is 15.1. The van der Waals surface area contributed by atoms with Crippen LogP contribution in [-0.4, -0.2) is 54.5 Å². The summed E-state index contributed by atoms with van der Waals surface area (Å²) in [5.41, 5.74) is 1.33. The van der Waals surface area contributed by atoms with E-state index < -0.39 is 0 Å². The van der Waals surface area contributed by atoms with E-state index in [-0.39, 0.29) is 17.8 Å². The van der Waals surface area contributed by atoms with E-state index in [1.54, 1.807) is 11.3 Å². The second-order valence-corrected chi connectivity index (χ2v) is 7.40. The molecule has 0 aliphatic carbocycles. The second-order valence-electron chi connectivity index (χ2n) is 6.62. The number of amides is 1. The van der Waals surface area contributed by atoms with Gasteiger partial charge in [0.2, 0.25) is 5.91 Å². The largest absolute Gasteiger partial charge is 0.466 e. The van der Waals surface area contributed by atoms with Gasteiger partial charge in [-0.25, -0.2) is 0 Å². The highest BCUT2D eigenvalue weighted by atomic mass is 32.1. The number of hydrogen-bond donors (Lipinski definition) is 0. The molecule has 0 N–H and O–H groups in total. The van der Waals surface area contributed by atoms with Gasteiger partial charge in [0.25, 0.3) is 0 Å². The SMILES string of the molecule is CCOC(=O)[C@H]1CCCN(C(=O)CN2CCC[C@H]2c2ccsc2)C1. The molecule has 2 saturated heterocycles. The summed E-state index contributed by atoms with van der Waals surface area (Å²) >= 11 is 1.71. The van der Waals surface area contributed by atoms with Crippen LogP contribution in [0.1, 0.15) is 44.2 Å². The van der Waals surface area contributed by atoms with Crippen LogP contribution < -0.4 is 0 Å². The Morgan fingerprint density at radius 3 is 2.88 bits per heavy atom. The normalized spacial score (nSPS) is 25.0. The molecule has 132 valence electrons. The number of hydrogen-bond acceptors (Lipinski definition) is 5. The molecule has 0 radical (unpaired) electrons. The Balaban J connectivity index is 1.57. The van der Waals surface area contributed by atoms with Crippen molar-refractivity contribution in [3.8, 4) is 0 Å². The molecule has 1 aromatic heterocycles. The van der Waals surface area contributed by atoms with Gasteiger partial charge < -0.3 is 9.64 Å². The van der Waals surface area contributed by atoms with Crippen LogP contribution in [0.5, 0.6) is 0 Å². The number of nitrogens with zero attached hydrogens (tertiary/aromatic N) is 2. The van der Waals surface area contributed by atoms with Gasteiger partial charge in [-0.1, -0.05) is 0 Å². The molecule has 0 saturated carbocycles. The van der Waals surface area contributed by atoms with Gasteiger partial charge in [-0.15, -0.1) is 0 Å². The molecule has 3 heterocycles. The van der Waals surface area contributed by atoms with E-state index in [0.29, 0.717) is 25.7 Å². The molecule has 1 aromatic rings. The number of likely N-dealkylation sites (tertiary alicyclic amines) is 2. The van der Waals surface area contributed by atoms with Crippen LogP contribution in [0, 0.1) is 5.92 Å². The second kappa shape index (κ2) is 8.12. The number of ether oxygens (including phenoxy) is 1. The average molecular weight is 350 g/mol. The smallest absolute Gasteiger partial charge is 0.310 e. The fraction of sp³-hybridized carbons (Fsp3) is 0.667. The lowest BCUT2D eigenvalue weighted by Gasteiger charge is -2.33. The van der Waals surface area contributed by atoms with Gasteiger partial charge in [0.15, 0.2) is 0 Å². The third-order valence-corrected chi connectivity index (χ3v) is 5.73. The summed E-state index contributed by atoms with van der Waals surface area (Å²) in [6.45, 7) is 4.92. The lowest BCUT2D eigenvalue weighted by atomic mass is 9.98. The first-order valence-corrected chi connectivity index (χ1v) is 9.84. The Bertz CT molecular complexity index is 561. The van der Waals surface area contributed by atoms with Gasteiger partial charge in [-0.2, -0.15) is 11.3 Å². The molecule has 0 bridgehead atoms. The van der Waals surface area contributed by atoms with E-state index in [9.17, 15) is 9.59 Å². The Kier molecular flexibility index (Phi) is 5.89. The molecule has 0 unspecified atom stereocenters. The van der Waals surface area contributed by atoms with Crippen molar-refractivity contribution in [2.45, 2.75) is 38.6 Å². The summed E-state index contributed by atoms with van der Waals surface area (Å²) in [4.78, 5) is 28.8. The first-order chi connectivity index (χ1) is 11.7. The van der Waals surface area contributed by atoms with Crippen molar-refractivity contribution in [3.05, 3.63) is 22.4 Å². The quantitative estimate of drug-likeness (QED) is 0.766. The average Bonchev–Trinajstić information content (AvgIpc) is 3.26. The summed E-state index contributed by atoms with van der Waals surface area (Å²) in [5.74, 6) is -0.174. The number of piperidine rings is 1. The van der Waals surface area contributed by atoms with Crippen LogP contribution in [0.2, 0.25) is 0 Å². The van der Waals surface area contributed by atoms with Crippen molar-refractivity contribution in [3.63, 3.8) is 0 Å². The van der Waals surface area contributed by atoms with Crippen LogP contribution in [0.3, 0.4) is 0 Å². The summed E-state index contributed by atoms with van der Waals surface area (Å²) in [6.07, 6.45) is 3.96. The topological polar surface area (TPSA) is 49.9 Å².